The molecule has 2 aromatic rings. The molecule has 11 heteroatoms. The predicted octanol–water partition coefficient (Wildman–Crippen LogP) is 2.29. The van der Waals surface area contributed by atoms with Crippen molar-refractivity contribution in [2.75, 3.05) is 17.1 Å². The van der Waals surface area contributed by atoms with Crippen LogP contribution in [-0.2, 0) is 14.8 Å². The standard InChI is InChI=1S/C17H21N5O4S2/c1-3-4-5-14(23)21-17(27)20-12-6-8-13(9-7-12)28(24,25)22-15-16(26-2)19-11-10-18-15/h6-11H,3-5H2,1-2H3,(H,18,22)(H2,20,21,23,27). The van der Waals surface area contributed by atoms with Gasteiger partial charge in [-0.3, -0.25) is 9.52 Å². The zero-order chi connectivity index (χ0) is 20.6. The molecule has 0 atom stereocenters. The molecule has 0 bridgehead atoms. The van der Waals surface area contributed by atoms with Crippen molar-refractivity contribution < 1.29 is 17.9 Å². The second-order valence-electron chi connectivity index (χ2n) is 5.65. The largest absolute Gasteiger partial charge is 0.478 e. The predicted molar refractivity (Wildman–Crippen MR) is 110 cm³/mol. The molecule has 0 aliphatic heterocycles. The number of unbranched alkanes of at least 4 members (excludes halogenated alkanes) is 1. The van der Waals surface area contributed by atoms with Crippen LogP contribution in [0.15, 0.2) is 41.6 Å². The molecule has 0 aliphatic carbocycles. The molecule has 0 radical (unpaired) electrons. The maximum atomic E-state index is 12.5. The fourth-order valence-corrected chi connectivity index (χ4v) is 3.38. The van der Waals surface area contributed by atoms with Crippen molar-refractivity contribution in [2.24, 2.45) is 0 Å². The lowest BCUT2D eigenvalue weighted by Gasteiger charge is -2.11. The van der Waals surface area contributed by atoms with Crippen LogP contribution in [0.4, 0.5) is 11.5 Å². The molecule has 0 unspecified atom stereocenters. The quantitative estimate of drug-likeness (QED) is 0.553. The molecule has 9 nitrogen and oxygen atoms in total. The van der Waals surface area contributed by atoms with Gasteiger partial charge in [-0.2, -0.15) is 0 Å². The van der Waals surface area contributed by atoms with E-state index in [1.807, 2.05) is 6.92 Å². The summed E-state index contributed by atoms with van der Waals surface area (Å²) in [6.07, 6.45) is 4.83. The Balaban J connectivity index is 2.03. The second kappa shape index (κ2) is 9.95. The highest BCUT2D eigenvalue weighted by Gasteiger charge is 2.18. The summed E-state index contributed by atoms with van der Waals surface area (Å²) in [5, 5.41) is 5.56. The number of thiocarbonyl (C=S) groups is 1. The van der Waals surface area contributed by atoms with E-state index in [4.69, 9.17) is 17.0 Å². The summed E-state index contributed by atoms with van der Waals surface area (Å²) in [7, 11) is -2.52. The molecule has 1 heterocycles. The van der Waals surface area contributed by atoms with Crippen LogP contribution in [0.25, 0.3) is 0 Å². The first kappa shape index (κ1) is 21.5. The van der Waals surface area contributed by atoms with Crippen LogP contribution in [0.3, 0.4) is 0 Å². The fraction of sp³-hybridized carbons (Fsp3) is 0.294. The van der Waals surface area contributed by atoms with Crippen LogP contribution < -0.4 is 20.1 Å². The molecule has 1 aromatic heterocycles. The number of anilines is 2. The van der Waals surface area contributed by atoms with Crippen molar-refractivity contribution in [3.63, 3.8) is 0 Å². The Morgan fingerprint density at radius 3 is 2.50 bits per heavy atom. The van der Waals surface area contributed by atoms with E-state index < -0.39 is 10.0 Å². The van der Waals surface area contributed by atoms with E-state index in [9.17, 15) is 13.2 Å². The number of amides is 1. The molecule has 150 valence electrons. The summed E-state index contributed by atoms with van der Waals surface area (Å²) in [5.74, 6) is -0.114. The highest BCUT2D eigenvalue weighted by atomic mass is 32.2. The van der Waals surface area contributed by atoms with Crippen LogP contribution in [0.5, 0.6) is 5.88 Å². The summed E-state index contributed by atoms with van der Waals surface area (Å²) in [5.41, 5.74) is 0.539. The van der Waals surface area contributed by atoms with Gasteiger partial charge in [-0.15, -0.1) is 0 Å². The minimum atomic E-state index is -3.88. The van der Waals surface area contributed by atoms with Gasteiger partial charge in [0.15, 0.2) is 5.11 Å². The van der Waals surface area contributed by atoms with Crippen molar-refractivity contribution in [3.8, 4) is 5.88 Å². The number of sulfonamides is 1. The first-order valence-corrected chi connectivity index (χ1v) is 10.3. The van der Waals surface area contributed by atoms with Crippen molar-refractivity contribution in [2.45, 2.75) is 31.1 Å². The molecule has 0 saturated heterocycles. The van der Waals surface area contributed by atoms with Gasteiger partial charge >= 0.3 is 0 Å². The van der Waals surface area contributed by atoms with Crippen LogP contribution in [-0.4, -0.2) is 36.5 Å². The highest BCUT2D eigenvalue weighted by molar-refractivity contribution is 7.92. The smallest absolute Gasteiger partial charge is 0.263 e. The van der Waals surface area contributed by atoms with Gasteiger partial charge in [-0.25, -0.2) is 18.4 Å². The maximum absolute atomic E-state index is 12.5. The lowest BCUT2D eigenvalue weighted by atomic mass is 10.2. The average Bonchev–Trinajstić information content (AvgIpc) is 2.66. The summed E-state index contributed by atoms with van der Waals surface area (Å²) in [6, 6.07) is 5.87. The number of ether oxygens (including phenoxy) is 1. The average molecular weight is 424 g/mol. The first-order chi connectivity index (χ1) is 13.4. The van der Waals surface area contributed by atoms with E-state index in [1.165, 1.54) is 43.8 Å². The molecule has 0 saturated carbocycles. The van der Waals surface area contributed by atoms with E-state index in [2.05, 4.69) is 25.3 Å². The molecule has 1 amide bonds. The summed E-state index contributed by atoms with van der Waals surface area (Å²) < 4.78 is 32.3. The number of benzene rings is 1. The second-order valence-corrected chi connectivity index (χ2v) is 7.74. The number of carbonyl (C=O) groups is 1. The lowest BCUT2D eigenvalue weighted by molar-refractivity contribution is -0.119. The summed E-state index contributed by atoms with van der Waals surface area (Å²) in [6.45, 7) is 1.99. The van der Waals surface area contributed by atoms with Crippen molar-refractivity contribution in [1.29, 1.82) is 0 Å². The molecule has 0 fully saturated rings. The lowest BCUT2D eigenvalue weighted by Crippen LogP contribution is -2.33. The number of nitrogens with one attached hydrogen (secondary N) is 3. The summed E-state index contributed by atoms with van der Waals surface area (Å²) in [4.78, 5) is 19.5. The van der Waals surface area contributed by atoms with Gasteiger partial charge in [0, 0.05) is 24.5 Å². The number of hydrogen-bond donors (Lipinski definition) is 3. The van der Waals surface area contributed by atoms with E-state index in [1.54, 1.807) is 0 Å². The summed E-state index contributed by atoms with van der Waals surface area (Å²) >= 11 is 5.08. The molecule has 2 rings (SSSR count). The van der Waals surface area contributed by atoms with Crippen molar-refractivity contribution >= 4 is 44.8 Å². The zero-order valence-electron chi connectivity index (χ0n) is 15.4. The Labute approximate surface area is 169 Å². The Morgan fingerprint density at radius 1 is 1.18 bits per heavy atom. The van der Waals surface area contributed by atoms with E-state index >= 15 is 0 Å². The fourth-order valence-electron chi connectivity index (χ4n) is 2.14. The van der Waals surface area contributed by atoms with Crippen molar-refractivity contribution in [1.82, 2.24) is 15.3 Å². The molecule has 1 aromatic carbocycles. The number of methoxy groups -OCH3 is 1. The SMILES string of the molecule is CCCCC(=O)NC(=S)Nc1ccc(S(=O)(=O)Nc2nccnc2OC)cc1. The number of rotatable bonds is 8. The van der Waals surface area contributed by atoms with E-state index in [-0.39, 0.29) is 27.6 Å². The number of aromatic nitrogens is 2. The highest BCUT2D eigenvalue weighted by Crippen LogP contribution is 2.22. The maximum Gasteiger partial charge on any atom is 0.263 e. The number of carbonyl (C=O) groups excluding carboxylic acids is 1. The van der Waals surface area contributed by atoms with Crippen LogP contribution in [0, 0.1) is 0 Å². The molecular weight excluding hydrogens is 402 g/mol. The van der Waals surface area contributed by atoms with Crippen LogP contribution in [0.2, 0.25) is 0 Å². The molecule has 0 aliphatic rings. The normalized spacial score (nSPS) is 10.8. The Bertz CT molecular complexity index is 933. The van der Waals surface area contributed by atoms with Crippen molar-refractivity contribution in [3.05, 3.63) is 36.7 Å². The Kier molecular flexibility index (Phi) is 7.64. The zero-order valence-corrected chi connectivity index (χ0v) is 17.1. The third-order valence-electron chi connectivity index (χ3n) is 3.52. The van der Waals surface area contributed by atoms with Crippen LogP contribution in [0.1, 0.15) is 26.2 Å². The Hall–Kier alpha value is -2.79. The van der Waals surface area contributed by atoms with Crippen LogP contribution >= 0.6 is 12.2 Å². The molecule has 28 heavy (non-hydrogen) atoms. The minimum Gasteiger partial charge on any atom is -0.478 e. The topological polar surface area (TPSA) is 122 Å². The van der Waals surface area contributed by atoms with Gasteiger partial charge in [-0.05, 0) is 42.9 Å². The molecular formula is C17H21N5O4S2. The van der Waals surface area contributed by atoms with Gasteiger partial charge in [-0.1, -0.05) is 13.3 Å². The van der Waals surface area contributed by atoms with E-state index in [0.29, 0.717) is 12.1 Å². The van der Waals surface area contributed by atoms with Gasteiger partial charge in [0.05, 0.1) is 12.0 Å². The van der Waals surface area contributed by atoms with E-state index in [0.717, 1.165) is 12.8 Å². The van der Waals surface area contributed by atoms with Gasteiger partial charge < -0.3 is 15.4 Å². The minimum absolute atomic E-state index is 0.0110. The molecule has 0 spiro atoms. The van der Waals surface area contributed by atoms with Gasteiger partial charge in [0.2, 0.25) is 11.7 Å². The van der Waals surface area contributed by atoms with Gasteiger partial charge in [0.1, 0.15) is 0 Å². The monoisotopic (exact) mass is 423 g/mol. The third kappa shape index (κ3) is 6.13. The first-order valence-electron chi connectivity index (χ1n) is 8.44. The number of nitrogens with zero attached hydrogens (tertiary/aromatic N) is 2. The molecule has 3 N–H and O–H groups in total. The Morgan fingerprint density at radius 2 is 1.86 bits per heavy atom. The number of hydrogen-bond acceptors (Lipinski definition) is 7. The van der Waals surface area contributed by atoms with Gasteiger partial charge in [0.25, 0.3) is 15.9 Å². The third-order valence-corrected chi connectivity index (χ3v) is 5.08.